The van der Waals surface area contributed by atoms with Crippen molar-refractivity contribution in [3.8, 4) is 0 Å². The van der Waals surface area contributed by atoms with E-state index in [1.165, 1.54) is 0 Å². The van der Waals surface area contributed by atoms with Gasteiger partial charge in [0.15, 0.2) is 0 Å². The molecule has 0 fully saturated rings. The van der Waals surface area contributed by atoms with Gasteiger partial charge in [0.1, 0.15) is 0 Å². The molecule has 80 valence electrons. The van der Waals surface area contributed by atoms with E-state index in [9.17, 15) is 10.2 Å². The molecule has 0 saturated heterocycles. The van der Waals surface area contributed by atoms with Crippen molar-refractivity contribution in [2.24, 2.45) is 5.92 Å². The maximum absolute atomic E-state index is 9.59. The van der Waals surface area contributed by atoms with Gasteiger partial charge in [0, 0.05) is 0 Å². The largest absolute Gasteiger partial charge is 0.393 e. The zero-order chi connectivity index (χ0) is 10.3. The number of rotatable bonds is 7. The average Bonchev–Trinajstić information content (AvgIpc) is 2.04. The topological polar surface area (TPSA) is 40.5 Å². The quantitative estimate of drug-likeness (QED) is 0.644. The SMILES string of the molecule is CCCC(O)CC(O)CC(C)CC. The fourth-order valence-electron chi connectivity index (χ4n) is 1.49. The van der Waals surface area contributed by atoms with Crippen molar-refractivity contribution < 1.29 is 10.2 Å². The van der Waals surface area contributed by atoms with Crippen molar-refractivity contribution in [3.63, 3.8) is 0 Å². The first-order chi connectivity index (χ1) is 6.10. The highest BCUT2D eigenvalue weighted by Gasteiger charge is 2.13. The Labute approximate surface area is 82.0 Å². The normalized spacial score (nSPS) is 18.2. The van der Waals surface area contributed by atoms with Gasteiger partial charge < -0.3 is 10.2 Å². The molecule has 2 N–H and O–H groups in total. The van der Waals surface area contributed by atoms with Crippen LogP contribution in [0.15, 0.2) is 0 Å². The highest BCUT2D eigenvalue weighted by Crippen LogP contribution is 2.14. The summed E-state index contributed by atoms with van der Waals surface area (Å²) >= 11 is 0. The molecule has 13 heavy (non-hydrogen) atoms. The molecular weight excluding hydrogens is 164 g/mol. The lowest BCUT2D eigenvalue weighted by Crippen LogP contribution is -2.19. The standard InChI is InChI=1S/C11H24O2/c1-4-6-10(12)8-11(13)7-9(3)5-2/h9-13H,4-8H2,1-3H3. The Balaban J connectivity index is 3.54. The van der Waals surface area contributed by atoms with E-state index in [1.807, 2.05) is 6.92 Å². The fraction of sp³-hybridized carbons (Fsp3) is 1.00. The van der Waals surface area contributed by atoms with Crippen LogP contribution in [0.5, 0.6) is 0 Å². The minimum Gasteiger partial charge on any atom is -0.393 e. The lowest BCUT2D eigenvalue weighted by Gasteiger charge is -2.17. The molecule has 0 aromatic carbocycles. The van der Waals surface area contributed by atoms with Gasteiger partial charge in [-0.2, -0.15) is 0 Å². The van der Waals surface area contributed by atoms with Crippen LogP contribution in [0.2, 0.25) is 0 Å². The molecule has 2 nitrogen and oxygen atoms in total. The van der Waals surface area contributed by atoms with Gasteiger partial charge in [0.05, 0.1) is 12.2 Å². The molecule has 0 spiro atoms. The van der Waals surface area contributed by atoms with Crippen LogP contribution >= 0.6 is 0 Å². The monoisotopic (exact) mass is 188 g/mol. The molecule has 0 saturated carbocycles. The Morgan fingerprint density at radius 3 is 2.08 bits per heavy atom. The number of hydrogen-bond acceptors (Lipinski definition) is 2. The maximum atomic E-state index is 9.59. The van der Waals surface area contributed by atoms with Gasteiger partial charge in [-0.3, -0.25) is 0 Å². The average molecular weight is 188 g/mol. The van der Waals surface area contributed by atoms with Crippen molar-refractivity contribution in [2.45, 2.75) is 65.1 Å². The molecule has 0 aliphatic rings. The Kier molecular flexibility index (Phi) is 7.29. The molecule has 0 aromatic rings. The van der Waals surface area contributed by atoms with Crippen LogP contribution in [0.3, 0.4) is 0 Å². The predicted octanol–water partition coefficient (Wildman–Crippen LogP) is 2.33. The Morgan fingerprint density at radius 2 is 1.62 bits per heavy atom. The summed E-state index contributed by atoms with van der Waals surface area (Å²) in [6.45, 7) is 6.31. The maximum Gasteiger partial charge on any atom is 0.0567 e. The Hall–Kier alpha value is -0.0800. The van der Waals surface area contributed by atoms with Gasteiger partial charge in [0.25, 0.3) is 0 Å². The van der Waals surface area contributed by atoms with Crippen LogP contribution in [0, 0.1) is 5.92 Å². The summed E-state index contributed by atoms with van der Waals surface area (Å²) in [4.78, 5) is 0. The van der Waals surface area contributed by atoms with Crippen LogP contribution < -0.4 is 0 Å². The third-order valence-electron chi connectivity index (χ3n) is 2.54. The second-order valence-electron chi connectivity index (χ2n) is 4.08. The molecule has 0 bridgehead atoms. The summed E-state index contributed by atoms with van der Waals surface area (Å²) in [5.41, 5.74) is 0. The van der Waals surface area contributed by atoms with Crippen molar-refractivity contribution in [2.75, 3.05) is 0 Å². The lowest BCUT2D eigenvalue weighted by molar-refractivity contribution is 0.0621. The highest BCUT2D eigenvalue weighted by atomic mass is 16.3. The van der Waals surface area contributed by atoms with E-state index >= 15 is 0 Å². The first-order valence-corrected chi connectivity index (χ1v) is 5.46. The summed E-state index contributed by atoms with van der Waals surface area (Å²) in [7, 11) is 0. The summed E-state index contributed by atoms with van der Waals surface area (Å²) in [6, 6.07) is 0. The third-order valence-corrected chi connectivity index (χ3v) is 2.54. The third kappa shape index (κ3) is 7.03. The molecule has 2 heteroatoms. The summed E-state index contributed by atoms with van der Waals surface area (Å²) in [6.07, 6.45) is 3.60. The van der Waals surface area contributed by atoms with Crippen molar-refractivity contribution in [1.82, 2.24) is 0 Å². The second kappa shape index (κ2) is 7.34. The molecule has 0 radical (unpaired) electrons. The van der Waals surface area contributed by atoms with E-state index < -0.39 is 0 Å². The summed E-state index contributed by atoms with van der Waals surface area (Å²) < 4.78 is 0. The molecular formula is C11H24O2. The zero-order valence-corrected chi connectivity index (χ0v) is 9.16. The van der Waals surface area contributed by atoms with Gasteiger partial charge in [-0.1, -0.05) is 33.6 Å². The Morgan fingerprint density at radius 1 is 1.00 bits per heavy atom. The second-order valence-corrected chi connectivity index (χ2v) is 4.08. The minimum atomic E-state index is -0.323. The molecule has 0 aliphatic heterocycles. The Bertz CT molecular complexity index is 115. The predicted molar refractivity (Wildman–Crippen MR) is 55.6 cm³/mol. The molecule has 0 amide bonds. The van der Waals surface area contributed by atoms with E-state index in [0.717, 1.165) is 25.7 Å². The summed E-state index contributed by atoms with van der Waals surface area (Å²) in [5.74, 6) is 0.559. The van der Waals surface area contributed by atoms with Crippen molar-refractivity contribution >= 4 is 0 Å². The van der Waals surface area contributed by atoms with E-state index in [2.05, 4.69) is 13.8 Å². The van der Waals surface area contributed by atoms with Crippen molar-refractivity contribution in [1.29, 1.82) is 0 Å². The van der Waals surface area contributed by atoms with E-state index in [4.69, 9.17) is 0 Å². The van der Waals surface area contributed by atoms with Crippen LogP contribution in [0.4, 0.5) is 0 Å². The summed E-state index contributed by atoms with van der Waals surface area (Å²) in [5, 5.41) is 19.0. The lowest BCUT2D eigenvalue weighted by atomic mass is 9.96. The van der Waals surface area contributed by atoms with Gasteiger partial charge in [-0.25, -0.2) is 0 Å². The van der Waals surface area contributed by atoms with Gasteiger partial charge in [0.2, 0.25) is 0 Å². The smallest absolute Gasteiger partial charge is 0.0567 e. The van der Waals surface area contributed by atoms with Gasteiger partial charge in [-0.05, 0) is 25.2 Å². The molecule has 3 atom stereocenters. The first kappa shape index (κ1) is 12.9. The minimum absolute atomic E-state index is 0.316. The van der Waals surface area contributed by atoms with Crippen LogP contribution in [0.1, 0.15) is 52.9 Å². The molecule has 0 rings (SSSR count). The highest BCUT2D eigenvalue weighted by molar-refractivity contribution is 4.65. The van der Waals surface area contributed by atoms with E-state index in [0.29, 0.717) is 12.3 Å². The van der Waals surface area contributed by atoms with Gasteiger partial charge >= 0.3 is 0 Å². The van der Waals surface area contributed by atoms with Gasteiger partial charge in [-0.15, -0.1) is 0 Å². The van der Waals surface area contributed by atoms with E-state index in [1.54, 1.807) is 0 Å². The fourth-order valence-corrected chi connectivity index (χ4v) is 1.49. The van der Waals surface area contributed by atoms with Crippen LogP contribution in [0.25, 0.3) is 0 Å². The number of aliphatic hydroxyl groups excluding tert-OH is 2. The number of aliphatic hydroxyl groups is 2. The van der Waals surface area contributed by atoms with Crippen LogP contribution in [-0.4, -0.2) is 22.4 Å². The first-order valence-electron chi connectivity index (χ1n) is 5.46. The molecule has 0 aromatic heterocycles. The zero-order valence-electron chi connectivity index (χ0n) is 9.16. The molecule has 0 aliphatic carbocycles. The number of hydrogen-bond donors (Lipinski definition) is 2. The van der Waals surface area contributed by atoms with Crippen LogP contribution in [-0.2, 0) is 0 Å². The van der Waals surface area contributed by atoms with E-state index in [-0.39, 0.29) is 12.2 Å². The van der Waals surface area contributed by atoms with Crippen molar-refractivity contribution in [3.05, 3.63) is 0 Å². The molecule has 3 unspecified atom stereocenters. The molecule has 0 heterocycles.